The van der Waals surface area contributed by atoms with Crippen molar-refractivity contribution in [2.75, 3.05) is 32.4 Å². The van der Waals surface area contributed by atoms with E-state index in [4.69, 9.17) is 0 Å². The van der Waals surface area contributed by atoms with Crippen molar-refractivity contribution in [1.29, 1.82) is 0 Å². The van der Waals surface area contributed by atoms with Gasteiger partial charge in [0.05, 0.1) is 0 Å². The zero-order chi connectivity index (χ0) is 12.8. The van der Waals surface area contributed by atoms with Gasteiger partial charge in [-0.2, -0.15) is 11.8 Å². The third kappa shape index (κ3) is 3.88. The van der Waals surface area contributed by atoms with E-state index < -0.39 is 0 Å². The lowest BCUT2D eigenvalue weighted by atomic mass is 9.88. The lowest BCUT2D eigenvalue weighted by Crippen LogP contribution is -2.42. The van der Waals surface area contributed by atoms with Crippen LogP contribution in [0.4, 0.5) is 0 Å². The van der Waals surface area contributed by atoms with Gasteiger partial charge in [0.1, 0.15) is 0 Å². The van der Waals surface area contributed by atoms with Crippen LogP contribution in [0.5, 0.6) is 0 Å². The largest absolute Gasteiger partial charge is 0.313 e. The van der Waals surface area contributed by atoms with E-state index in [1.807, 2.05) is 0 Å². The topological polar surface area (TPSA) is 15.3 Å². The number of nitrogens with one attached hydrogen (secondary N) is 1. The number of hydrogen-bond acceptors (Lipinski definition) is 3. The van der Waals surface area contributed by atoms with Gasteiger partial charge in [0.15, 0.2) is 0 Å². The predicted molar refractivity (Wildman–Crippen MR) is 82.5 cm³/mol. The summed E-state index contributed by atoms with van der Waals surface area (Å²) in [7, 11) is 0. The highest BCUT2D eigenvalue weighted by Crippen LogP contribution is 2.39. The molecule has 1 atom stereocenters. The molecule has 1 saturated heterocycles. The summed E-state index contributed by atoms with van der Waals surface area (Å²) in [5.41, 5.74) is 0. The van der Waals surface area contributed by atoms with Crippen molar-refractivity contribution >= 4 is 11.8 Å². The molecule has 2 fully saturated rings. The Labute approximate surface area is 117 Å². The first-order valence-corrected chi connectivity index (χ1v) is 9.01. The van der Waals surface area contributed by atoms with Crippen LogP contribution < -0.4 is 5.32 Å². The molecule has 2 nitrogen and oxygen atoms in total. The molecule has 0 spiro atoms. The van der Waals surface area contributed by atoms with Gasteiger partial charge in [-0.15, -0.1) is 0 Å². The van der Waals surface area contributed by atoms with Gasteiger partial charge in [0, 0.05) is 23.9 Å². The Hall–Kier alpha value is 0.270. The molecule has 0 bridgehead atoms. The molecule has 106 valence electrons. The predicted octanol–water partition coefficient (Wildman–Crippen LogP) is 3.13. The zero-order valence-electron chi connectivity index (χ0n) is 12.2. The Morgan fingerprint density at radius 1 is 1.28 bits per heavy atom. The van der Waals surface area contributed by atoms with Gasteiger partial charge in [-0.3, -0.25) is 0 Å². The Bertz CT molecular complexity index is 239. The van der Waals surface area contributed by atoms with Crippen molar-refractivity contribution in [2.45, 2.75) is 62.7 Å². The first-order valence-electron chi connectivity index (χ1n) is 7.79. The molecule has 0 aromatic carbocycles. The molecule has 0 radical (unpaired) electrons. The highest BCUT2D eigenvalue weighted by atomic mass is 32.2. The van der Waals surface area contributed by atoms with Crippen LogP contribution in [0.25, 0.3) is 0 Å². The quantitative estimate of drug-likeness (QED) is 0.798. The summed E-state index contributed by atoms with van der Waals surface area (Å²) in [6.45, 7) is 7.36. The van der Waals surface area contributed by atoms with Crippen molar-refractivity contribution in [3.05, 3.63) is 0 Å². The monoisotopic (exact) mass is 270 g/mol. The highest BCUT2D eigenvalue weighted by molar-refractivity contribution is 8.00. The molecule has 1 saturated carbocycles. The van der Waals surface area contributed by atoms with E-state index in [1.165, 1.54) is 71.1 Å². The summed E-state index contributed by atoms with van der Waals surface area (Å²) in [6, 6.07) is 0.757. The Morgan fingerprint density at radius 3 is 2.72 bits per heavy atom. The van der Waals surface area contributed by atoms with Crippen LogP contribution in [0.15, 0.2) is 0 Å². The molecule has 3 heteroatoms. The highest BCUT2D eigenvalue weighted by Gasteiger charge is 2.35. The Kier molecular flexibility index (Phi) is 5.84. The third-order valence-corrected chi connectivity index (χ3v) is 6.07. The van der Waals surface area contributed by atoms with Crippen LogP contribution in [-0.4, -0.2) is 48.1 Å². The first kappa shape index (κ1) is 14.7. The molecular weight excluding hydrogens is 240 g/mol. The van der Waals surface area contributed by atoms with Crippen molar-refractivity contribution in [2.24, 2.45) is 0 Å². The third-order valence-electron chi connectivity index (χ3n) is 4.66. The molecule has 0 aromatic rings. The van der Waals surface area contributed by atoms with Crippen molar-refractivity contribution in [1.82, 2.24) is 10.2 Å². The minimum Gasteiger partial charge on any atom is -0.313 e. The summed E-state index contributed by atoms with van der Waals surface area (Å²) < 4.78 is 0.581. The fourth-order valence-electron chi connectivity index (χ4n) is 3.52. The van der Waals surface area contributed by atoms with Gasteiger partial charge in [-0.25, -0.2) is 0 Å². The fraction of sp³-hybridized carbons (Fsp3) is 1.00. The van der Waals surface area contributed by atoms with E-state index in [0.717, 1.165) is 6.04 Å². The summed E-state index contributed by atoms with van der Waals surface area (Å²) in [6.07, 6.45) is 12.2. The second kappa shape index (κ2) is 7.16. The fourth-order valence-corrected chi connectivity index (χ4v) is 4.53. The minimum atomic E-state index is 0.581. The molecule has 2 aliphatic rings. The summed E-state index contributed by atoms with van der Waals surface area (Å²) in [5, 5.41) is 3.68. The molecule has 1 aliphatic heterocycles. The summed E-state index contributed by atoms with van der Waals surface area (Å²) in [5.74, 6) is 0. The number of thioether (sulfide) groups is 1. The molecule has 1 unspecified atom stereocenters. The molecular formula is C15H30N2S. The molecule has 1 N–H and O–H groups in total. The van der Waals surface area contributed by atoms with Gasteiger partial charge in [0.25, 0.3) is 0 Å². The van der Waals surface area contributed by atoms with Crippen LogP contribution in [0.2, 0.25) is 0 Å². The van der Waals surface area contributed by atoms with Gasteiger partial charge in [0.2, 0.25) is 0 Å². The van der Waals surface area contributed by atoms with E-state index in [2.05, 4.69) is 35.2 Å². The van der Waals surface area contributed by atoms with E-state index in [0.29, 0.717) is 4.75 Å². The summed E-state index contributed by atoms with van der Waals surface area (Å²) >= 11 is 2.14. The average molecular weight is 270 g/mol. The SMILES string of the molecule is CCCNC1CCN(CC2(SC)CCCCC2)C1. The normalized spacial score (nSPS) is 28.7. The van der Waals surface area contributed by atoms with E-state index in [1.54, 1.807) is 0 Å². The number of hydrogen-bond donors (Lipinski definition) is 1. The van der Waals surface area contributed by atoms with Gasteiger partial charge < -0.3 is 10.2 Å². The van der Waals surface area contributed by atoms with Crippen LogP contribution in [-0.2, 0) is 0 Å². The van der Waals surface area contributed by atoms with Crippen LogP contribution >= 0.6 is 11.8 Å². The van der Waals surface area contributed by atoms with E-state index >= 15 is 0 Å². The molecule has 0 amide bonds. The number of rotatable bonds is 6. The van der Waals surface area contributed by atoms with Crippen LogP contribution in [0.1, 0.15) is 51.9 Å². The van der Waals surface area contributed by atoms with Crippen molar-refractivity contribution in [3.63, 3.8) is 0 Å². The van der Waals surface area contributed by atoms with Crippen molar-refractivity contribution in [3.8, 4) is 0 Å². The van der Waals surface area contributed by atoms with Crippen LogP contribution in [0.3, 0.4) is 0 Å². The maximum absolute atomic E-state index is 3.68. The van der Waals surface area contributed by atoms with E-state index in [9.17, 15) is 0 Å². The lowest BCUT2D eigenvalue weighted by Gasteiger charge is -2.39. The first-order chi connectivity index (χ1) is 8.78. The van der Waals surface area contributed by atoms with Gasteiger partial charge in [-0.1, -0.05) is 26.2 Å². The summed E-state index contributed by atoms with van der Waals surface area (Å²) in [4.78, 5) is 2.72. The van der Waals surface area contributed by atoms with E-state index in [-0.39, 0.29) is 0 Å². The minimum absolute atomic E-state index is 0.581. The number of nitrogens with zero attached hydrogens (tertiary/aromatic N) is 1. The molecule has 18 heavy (non-hydrogen) atoms. The standard InChI is InChI=1S/C15H30N2S/c1-3-10-16-14-7-11-17(12-14)13-15(18-2)8-5-4-6-9-15/h14,16H,3-13H2,1-2H3. The van der Waals surface area contributed by atoms with Gasteiger partial charge >= 0.3 is 0 Å². The number of likely N-dealkylation sites (tertiary alicyclic amines) is 1. The zero-order valence-corrected chi connectivity index (χ0v) is 13.0. The Morgan fingerprint density at radius 2 is 2.06 bits per heavy atom. The molecule has 2 rings (SSSR count). The van der Waals surface area contributed by atoms with Gasteiger partial charge in [-0.05, 0) is 45.0 Å². The molecule has 1 heterocycles. The second-order valence-electron chi connectivity index (χ2n) is 6.12. The lowest BCUT2D eigenvalue weighted by molar-refractivity contribution is 0.254. The second-order valence-corrected chi connectivity index (χ2v) is 7.40. The van der Waals surface area contributed by atoms with Crippen molar-refractivity contribution < 1.29 is 0 Å². The molecule has 0 aromatic heterocycles. The Balaban J connectivity index is 1.78. The molecule has 1 aliphatic carbocycles. The smallest absolute Gasteiger partial charge is 0.0284 e. The van der Waals surface area contributed by atoms with Crippen LogP contribution in [0, 0.1) is 0 Å². The average Bonchev–Trinajstić information content (AvgIpc) is 2.85. The maximum Gasteiger partial charge on any atom is 0.0284 e. The maximum atomic E-state index is 3.68.